The molecule has 1 N–H and O–H groups in total. The van der Waals surface area contributed by atoms with Gasteiger partial charge in [-0.1, -0.05) is 36.4 Å². The molecule has 0 aromatic heterocycles. The van der Waals surface area contributed by atoms with Crippen LogP contribution in [-0.4, -0.2) is 28.2 Å². The number of fused-ring (bicyclic) bond motifs is 2. The van der Waals surface area contributed by atoms with Gasteiger partial charge in [-0.05, 0) is 48.6 Å². The number of nitriles is 1. The van der Waals surface area contributed by atoms with Crippen molar-refractivity contribution in [2.24, 2.45) is 0 Å². The average Bonchev–Trinajstić information content (AvgIpc) is 2.98. The van der Waals surface area contributed by atoms with Crippen LogP contribution in [0.1, 0.15) is 47.9 Å². The van der Waals surface area contributed by atoms with Crippen LogP contribution in [0.2, 0.25) is 0 Å². The van der Waals surface area contributed by atoms with Crippen molar-refractivity contribution in [3.8, 4) is 6.07 Å². The molecule has 0 radical (unpaired) electrons. The first kappa shape index (κ1) is 18.5. The Bertz CT molecular complexity index is 905. The van der Waals surface area contributed by atoms with Crippen molar-refractivity contribution in [1.82, 2.24) is 4.90 Å². The zero-order valence-electron chi connectivity index (χ0n) is 16.0. The van der Waals surface area contributed by atoms with E-state index in [1.165, 1.54) is 0 Å². The van der Waals surface area contributed by atoms with E-state index in [0.29, 0.717) is 18.4 Å². The highest BCUT2D eigenvalue weighted by molar-refractivity contribution is 5.69. The molecule has 2 bridgehead atoms. The van der Waals surface area contributed by atoms with Crippen LogP contribution in [0.3, 0.4) is 0 Å². The number of amides is 1. The van der Waals surface area contributed by atoms with E-state index in [1.54, 1.807) is 6.07 Å². The Balaban J connectivity index is 1.48. The first-order valence-corrected chi connectivity index (χ1v) is 9.73. The lowest BCUT2D eigenvalue weighted by Crippen LogP contribution is -2.52. The highest BCUT2D eigenvalue weighted by Crippen LogP contribution is 2.46. The maximum atomic E-state index is 12.7. The summed E-state index contributed by atoms with van der Waals surface area (Å²) in [6.07, 6.45) is 2.45. The maximum absolute atomic E-state index is 12.7. The predicted molar refractivity (Wildman–Crippen MR) is 104 cm³/mol. The average molecular weight is 376 g/mol. The zero-order chi connectivity index (χ0) is 19.7. The summed E-state index contributed by atoms with van der Waals surface area (Å²) in [4.78, 5) is 14.5. The molecule has 2 heterocycles. The molecule has 2 saturated heterocycles. The number of hydrogen-bond donors (Lipinski definition) is 1. The smallest absolute Gasteiger partial charge is 0.410 e. The van der Waals surface area contributed by atoms with E-state index in [2.05, 4.69) is 6.07 Å². The molecule has 2 atom stereocenters. The molecule has 0 aliphatic carbocycles. The number of benzene rings is 2. The van der Waals surface area contributed by atoms with Crippen molar-refractivity contribution in [3.63, 3.8) is 0 Å². The van der Waals surface area contributed by atoms with Gasteiger partial charge >= 0.3 is 6.09 Å². The fourth-order valence-corrected chi connectivity index (χ4v) is 4.79. The van der Waals surface area contributed by atoms with E-state index in [9.17, 15) is 9.90 Å². The monoisotopic (exact) mass is 376 g/mol. The van der Waals surface area contributed by atoms with E-state index in [0.717, 1.165) is 29.5 Å². The Labute approximate surface area is 165 Å². The van der Waals surface area contributed by atoms with Crippen molar-refractivity contribution < 1.29 is 14.6 Å². The molecule has 5 heteroatoms. The summed E-state index contributed by atoms with van der Waals surface area (Å²) in [5.41, 5.74) is 2.36. The highest BCUT2D eigenvalue weighted by Gasteiger charge is 2.51. The number of aryl methyl sites for hydroxylation is 1. The molecule has 0 spiro atoms. The normalized spacial score (nSPS) is 26.0. The molecule has 5 nitrogen and oxygen atoms in total. The second-order valence-corrected chi connectivity index (χ2v) is 7.91. The fourth-order valence-electron chi connectivity index (χ4n) is 4.79. The van der Waals surface area contributed by atoms with Crippen molar-refractivity contribution in [2.75, 3.05) is 0 Å². The van der Waals surface area contributed by atoms with Crippen LogP contribution >= 0.6 is 0 Å². The Morgan fingerprint density at radius 1 is 1.21 bits per heavy atom. The van der Waals surface area contributed by atoms with E-state index in [-0.39, 0.29) is 24.8 Å². The van der Waals surface area contributed by atoms with Gasteiger partial charge < -0.3 is 14.7 Å². The van der Waals surface area contributed by atoms with Crippen molar-refractivity contribution in [3.05, 3.63) is 70.8 Å². The first-order valence-electron chi connectivity index (χ1n) is 9.73. The number of aliphatic hydroxyl groups is 1. The molecule has 1 amide bonds. The van der Waals surface area contributed by atoms with Gasteiger partial charge in [0.1, 0.15) is 6.61 Å². The van der Waals surface area contributed by atoms with Gasteiger partial charge in [-0.2, -0.15) is 5.26 Å². The number of rotatable bonds is 3. The van der Waals surface area contributed by atoms with E-state index < -0.39 is 5.60 Å². The van der Waals surface area contributed by atoms with Gasteiger partial charge in [-0.15, -0.1) is 0 Å². The van der Waals surface area contributed by atoms with Gasteiger partial charge in [-0.3, -0.25) is 0 Å². The summed E-state index contributed by atoms with van der Waals surface area (Å²) in [5, 5.41) is 20.5. The standard InChI is InChI=1S/C23H24N2O3/c1-16-11-18(14-24)7-10-21(16)23(27)12-19-8-9-20(13-23)25(19)22(26)28-15-17-5-3-2-4-6-17/h2-7,10-11,19-20,27H,8-9,12-13,15H2,1H3. The Morgan fingerprint density at radius 2 is 1.89 bits per heavy atom. The first-order chi connectivity index (χ1) is 13.5. The Morgan fingerprint density at radius 3 is 2.50 bits per heavy atom. The quantitative estimate of drug-likeness (QED) is 0.878. The van der Waals surface area contributed by atoms with Crippen LogP contribution in [0.15, 0.2) is 48.5 Å². The van der Waals surface area contributed by atoms with Crippen LogP contribution in [0.4, 0.5) is 4.79 Å². The van der Waals surface area contributed by atoms with Crippen molar-refractivity contribution in [1.29, 1.82) is 5.26 Å². The van der Waals surface area contributed by atoms with Gasteiger partial charge in [0.2, 0.25) is 0 Å². The van der Waals surface area contributed by atoms with E-state index >= 15 is 0 Å². The van der Waals surface area contributed by atoms with E-state index in [1.807, 2.05) is 54.3 Å². The molecular weight excluding hydrogens is 352 g/mol. The summed E-state index contributed by atoms with van der Waals surface area (Å²) in [5.74, 6) is 0. The molecule has 144 valence electrons. The van der Waals surface area contributed by atoms with Gasteiger partial charge in [0.25, 0.3) is 0 Å². The summed E-state index contributed by atoms with van der Waals surface area (Å²) >= 11 is 0. The molecule has 2 fully saturated rings. The van der Waals surface area contributed by atoms with Gasteiger partial charge in [0.15, 0.2) is 0 Å². The summed E-state index contributed by atoms with van der Waals surface area (Å²) < 4.78 is 5.55. The highest BCUT2D eigenvalue weighted by atomic mass is 16.6. The molecular formula is C23H24N2O3. The molecule has 2 aliphatic rings. The SMILES string of the molecule is Cc1cc(C#N)ccc1C1(O)CC2CCC(C1)N2C(=O)OCc1ccccc1. The second kappa shape index (κ2) is 7.29. The summed E-state index contributed by atoms with van der Waals surface area (Å²) in [6.45, 7) is 2.19. The third kappa shape index (κ3) is 3.36. The second-order valence-electron chi connectivity index (χ2n) is 7.91. The van der Waals surface area contributed by atoms with Crippen LogP contribution in [-0.2, 0) is 16.9 Å². The molecule has 2 aromatic rings. The minimum Gasteiger partial charge on any atom is -0.445 e. The minimum atomic E-state index is -0.972. The van der Waals surface area contributed by atoms with Gasteiger partial charge in [0.05, 0.1) is 17.2 Å². The van der Waals surface area contributed by atoms with Crippen molar-refractivity contribution in [2.45, 2.75) is 56.9 Å². The van der Waals surface area contributed by atoms with Crippen LogP contribution in [0, 0.1) is 18.3 Å². The van der Waals surface area contributed by atoms with Crippen molar-refractivity contribution >= 4 is 6.09 Å². The van der Waals surface area contributed by atoms with Crippen LogP contribution in [0.5, 0.6) is 0 Å². The molecule has 28 heavy (non-hydrogen) atoms. The lowest BCUT2D eigenvalue weighted by molar-refractivity contribution is -0.0540. The number of carbonyl (C=O) groups is 1. The van der Waals surface area contributed by atoms with Gasteiger partial charge in [-0.25, -0.2) is 4.79 Å². The summed E-state index contributed by atoms with van der Waals surface area (Å²) in [7, 11) is 0. The topological polar surface area (TPSA) is 73.6 Å². The molecule has 2 aliphatic heterocycles. The predicted octanol–water partition coefficient (Wildman–Crippen LogP) is 4.02. The Hall–Kier alpha value is -2.84. The van der Waals surface area contributed by atoms with Crippen LogP contribution < -0.4 is 0 Å². The third-order valence-electron chi connectivity index (χ3n) is 6.04. The summed E-state index contributed by atoms with van der Waals surface area (Å²) in [6, 6.07) is 17.2. The number of nitrogens with zero attached hydrogens (tertiary/aromatic N) is 2. The number of hydrogen-bond acceptors (Lipinski definition) is 4. The number of piperidine rings is 1. The molecule has 4 rings (SSSR count). The minimum absolute atomic E-state index is 0.0259. The van der Waals surface area contributed by atoms with Crippen LogP contribution in [0.25, 0.3) is 0 Å². The molecule has 2 aromatic carbocycles. The third-order valence-corrected chi connectivity index (χ3v) is 6.04. The lowest BCUT2D eigenvalue weighted by Gasteiger charge is -2.44. The molecule has 2 unspecified atom stereocenters. The maximum Gasteiger partial charge on any atom is 0.410 e. The Kier molecular flexibility index (Phi) is 4.82. The largest absolute Gasteiger partial charge is 0.445 e. The fraction of sp³-hybridized carbons (Fsp3) is 0.391. The number of ether oxygens (including phenoxy) is 1. The van der Waals surface area contributed by atoms with Gasteiger partial charge in [0, 0.05) is 24.9 Å². The lowest BCUT2D eigenvalue weighted by atomic mass is 9.78. The number of carbonyl (C=O) groups excluding carboxylic acids is 1. The van der Waals surface area contributed by atoms with E-state index in [4.69, 9.17) is 10.00 Å². The molecule has 0 saturated carbocycles. The zero-order valence-corrected chi connectivity index (χ0v) is 16.0.